The van der Waals surface area contributed by atoms with Gasteiger partial charge in [-0.25, -0.2) is 0 Å². The van der Waals surface area contributed by atoms with E-state index in [0.717, 1.165) is 54.4 Å². The van der Waals surface area contributed by atoms with E-state index in [1.54, 1.807) is 7.11 Å². The second-order valence-corrected chi connectivity index (χ2v) is 8.63. The number of carbonyl (C=O) groups excluding carboxylic acids is 1. The molecule has 31 heavy (non-hydrogen) atoms. The van der Waals surface area contributed by atoms with Crippen LogP contribution in [0.3, 0.4) is 0 Å². The maximum Gasteiger partial charge on any atom is 0.224 e. The molecule has 0 saturated carbocycles. The number of nitrogens with one attached hydrogen (secondary N) is 1. The second kappa shape index (κ2) is 7.48. The Labute approximate surface area is 182 Å². The molecule has 4 heterocycles. The van der Waals surface area contributed by atoms with Crippen LogP contribution < -0.4 is 10.1 Å². The van der Waals surface area contributed by atoms with Gasteiger partial charge in [-0.2, -0.15) is 5.10 Å². The van der Waals surface area contributed by atoms with E-state index in [2.05, 4.69) is 45.4 Å². The van der Waals surface area contributed by atoms with Crippen LogP contribution in [0.2, 0.25) is 0 Å². The summed E-state index contributed by atoms with van der Waals surface area (Å²) in [4.78, 5) is 14.9. The molecule has 1 fully saturated rings. The van der Waals surface area contributed by atoms with E-state index in [9.17, 15) is 4.79 Å². The first-order chi connectivity index (χ1) is 15.0. The quantitative estimate of drug-likeness (QED) is 0.701. The molecule has 1 spiro atoms. The zero-order chi connectivity index (χ0) is 21.6. The molecule has 1 N–H and O–H groups in total. The van der Waals surface area contributed by atoms with Crippen LogP contribution in [0, 0.1) is 13.8 Å². The zero-order valence-corrected chi connectivity index (χ0v) is 18.4. The summed E-state index contributed by atoms with van der Waals surface area (Å²) in [7, 11) is 1.69. The van der Waals surface area contributed by atoms with Gasteiger partial charge in [-0.3, -0.25) is 9.48 Å². The van der Waals surface area contributed by atoms with Gasteiger partial charge in [0.15, 0.2) is 0 Å². The maximum absolute atomic E-state index is 12.9. The van der Waals surface area contributed by atoms with Crippen LogP contribution in [-0.4, -0.2) is 45.4 Å². The molecule has 7 heteroatoms. The Morgan fingerprint density at radius 3 is 2.71 bits per heavy atom. The molecule has 2 aliphatic heterocycles. The lowest BCUT2D eigenvalue weighted by molar-refractivity contribution is -0.133. The molecule has 0 aliphatic carbocycles. The number of methoxy groups -OCH3 is 1. The number of likely N-dealkylation sites (tertiary alicyclic amines) is 1. The fourth-order valence-electron chi connectivity index (χ4n) is 5.04. The van der Waals surface area contributed by atoms with E-state index >= 15 is 0 Å². The number of hydrogen-bond donors (Lipinski definition) is 1. The van der Waals surface area contributed by atoms with Gasteiger partial charge in [0.25, 0.3) is 0 Å². The summed E-state index contributed by atoms with van der Waals surface area (Å²) in [5.74, 6) is 1.05. The maximum atomic E-state index is 12.9. The zero-order valence-electron chi connectivity index (χ0n) is 18.4. The molecular weight excluding hydrogens is 390 g/mol. The van der Waals surface area contributed by atoms with Crippen LogP contribution in [0.4, 0.5) is 5.69 Å². The summed E-state index contributed by atoms with van der Waals surface area (Å²) in [5.41, 5.74) is 5.40. The molecule has 0 bridgehead atoms. The predicted octanol–water partition coefficient (Wildman–Crippen LogP) is 3.63. The third-order valence-electron chi connectivity index (χ3n) is 6.69. The molecule has 1 saturated heterocycles. The smallest absolute Gasteiger partial charge is 0.224 e. The van der Waals surface area contributed by atoms with E-state index in [0.29, 0.717) is 13.0 Å². The number of aryl methyl sites for hydroxylation is 3. The Hall–Kier alpha value is -3.22. The lowest BCUT2D eigenvalue weighted by atomic mass is 9.82. The standard InChI is InChI=1S/C24H29N5O2/c1-17-15-18(2)29(26-17)12-8-23(30)27-13-9-24(10-14-27)22-5-4-11-28(22)21-7-6-19(31-3)16-20(21)25-24/h4-7,11,15-16,25H,8-10,12-14H2,1-3H3. The highest BCUT2D eigenvalue weighted by molar-refractivity contribution is 5.76. The molecule has 0 unspecified atom stereocenters. The first kappa shape index (κ1) is 19.7. The van der Waals surface area contributed by atoms with Crippen LogP contribution in [-0.2, 0) is 16.9 Å². The van der Waals surface area contributed by atoms with Gasteiger partial charge >= 0.3 is 0 Å². The summed E-state index contributed by atoms with van der Waals surface area (Å²) in [6.45, 7) is 6.14. The van der Waals surface area contributed by atoms with Crippen LogP contribution in [0.5, 0.6) is 5.75 Å². The van der Waals surface area contributed by atoms with Crippen molar-refractivity contribution in [3.63, 3.8) is 0 Å². The predicted molar refractivity (Wildman–Crippen MR) is 120 cm³/mol. The SMILES string of the molecule is COc1ccc2c(c1)NC1(CCN(C(=O)CCn3nc(C)cc3C)CC1)c1cccn1-2. The van der Waals surface area contributed by atoms with Crippen molar-refractivity contribution >= 4 is 11.6 Å². The molecular formula is C24H29N5O2. The average molecular weight is 420 g/mol. The molecule has 1 amide bonds. The number of hydrogen-bond acceptors (Lipinski definition) is 4. The van der Waals surface area contributed by atoms with Gasteiger partial charge < -0.3 is 19.5 Å². The van der Waals surface area contributed by atoms with E-state index in [-0.39, 0.29) is 11.4 Å². The van der Waals surface area contributed by atoms with Crippen LogP contribution in [0.25, 0.3) is 5.69 Å². The number of amides is 1. The minimum absolute atomic E-state index is 0.171. The van der Waals surface area contributed by atoms with Gasteiger partial charge in [0.05, 0.1) is 29.7 Å². The van der Waals surface area contributed by atoms with Crippen molar-refractivity contribution in [3.05, 3.63) is 59.7 Å². The van der Waals surface area contributed by atoms with Crippen molar-refractivity contribution in [3.8, 4) is 11.4 Å². The highest BCUT2D eigenvalue weighted by Crippen LogP contribution is 2.44. The van der Waals surface area contributed by atoms with Crippen molar-refractivity contribution in [1.82, 2.24) is 19.2 Å². The normalized spacial score (nSPS) is 16.5. The Balaban J connectivity index is 1.30. The van der Waals surface area contributed by atoms with Gasteiger partial charge in [0.1, 0.15) is 5.75 Å². The molecule has 1 aromatic carbocycles. The number of ether oxygens (including phenoxy) is 1. The van der Waals surface area contributed by atoms with E-state index in [4.69, 9.17) is 4.74 Å². The number of benzene rings is 1. The Morgan fingerprint density at radius 2 is 2.00 bits per heavy atom. The number of nitrogens with zero attached hydrogens (tertiary/aromatic N) is 4. The van der Waals surface area contributed by atoms with E-state index < -0.39 is 0 Å². The third-order valence-corrected chi connectivity index (χ3v) is 6.69. The molecule has 7 nitrogen and oxygen atoms in total. The number of piperidine rings is 1. The first-order valence-electron chi connectivity index (χ1n) is 10.9. The highest BCUT2D eigenvalue weighted by Gasteiger charge is 2.42. The van der Waals surface area contributed by atoms with Crippen LogP contribution >= 0.6 is 0 Å². The topological polar surface area (TPSA) is 64.3 Å². The van der Waals surface area contributed by atoms with Crippen molar-refractivity contribution in [2.75, 3.05) is 25.5 Å². The molecule has 0 atom stereocenters. The number of rotatable bonds is 4. The summed E-state index contributed by atoms with van der Waals surface area (Å²) in [6, 6.07) is 12.5. The Morgan fingerprint density at radius 1 is 1.19 bits per heavy atom. The molecule has 3 aromatic rings. The van der Waals surface area contributed by atoms with Crippen molar-refractivity contribution in [1.29, 1.82) is 0 Å². The summed E-state index contributed by atoms with van der Waals surface area (Å²) in [5, 5.41) is 8.28. The number of carbonyl (C=O) groups is 1. The van der Waals surface area contributed by atoms with Gasteiger partial charge in [0, 0.05) is 49.7 Å². The lowest BCUT2D eigenvalue weighted by Gasteiger charge is -2.46. The minimum Gasteiger partial charge on any atom is -0.497 e. The molecule has 162 valence electrons. The second-order valence-electron chi connectivity index (χ2n) is 8.63. The van der Waals surface area contributed by atoms with Crippen molar-refractivity contribution < 1.29 is 9.53 Å². The Bertz CT molecular complexity index is 1120. The Kier molecular flexibility index (Phi) is 4.76. The third kappa shape index (κ3) is 3.38. The van der Waals surface area contributed by atoms with E-state index in [1.165, 1.54) is 5.69 Å². The van der Waals surface area contributed by atoms with Crippen LogP contribution in [0.15, 0.2) is 42.6 Å². The van der Waals surface area contributed by atoms with Gasteiger partial charge in [-0.05, 0) is 57.0 Å². The number of aromatic nitrogens is 3. The summed E-state index contributed by atoms with van der Waals surface area (Å²) >= 11 is 0. The van der Waals surface area contributed by atoms with Gasteiger partial charge in [-0.1, -0.05) is 0 Å². The monoisotopic (exact) mass is 419 g/mol. The molecule has 2 aliphatic rings. The summed E-state index contributed by atoms with van der Waals surface area (Å²) in [6.07, 6.45) is 4.35. The largest absolute Gasteiger partial charge is 0.497 e. The number of anilines is 1. The van der Waals surface area contributed by atoms with Gasteiger partial charge in [-0.15, -0.1) is 0 Å². The van der Waals surface area contributed by atoms with Gasteiger partial charge in [0.2, 0.25) is 5.91 Å². The highest BCUT2D eigenvalue weighted by atomic mass is 16.5. The number of fused-ring (bicyclic) bond motifs is 4. The fourth-order valence-corrected chi connectivity index (χ4v) is 5.04. The van der Waals surface area contributed by atoms with Crippen LogP contribution in [0.1, 0.15) is 36.3 Å². The average Bonchev–Trinajstić information content (AvgIpc) is 3.39. The molecule has 2 aromatic heterocycles. The molecule has 5 rings (SSSR count). The van der Waals surface area contributed by atoms with Crippen molar-refractivity contribution in [2.45, 2.75) is 45.2 Å². The minimum atomic E-state index is -0.171. The first-order valence-corrected chi connectivity index (χ1v) is 10.9. The van der Waals surface area contributed by atoms with Crippen molar-refractivity contribution in [2.24, 2.45) is 0 Å². The lowest BCUT2D eigenvalue weighted by Crippen LogP contribution is -2.51. The molecule has 0 radical (unpaired) electrons. The van der Waals surface area contributed by atoms with E-state index in [1.807, 2.05) is 35.6 Å². The fraction of sp³-hybridized carbons (Fsp3) is 0.417. The summed E-state index contributed by atoms with van der Waals surface area (Å²) < 4.78 is 9.64.